The van der Waals surface area contributed by atoms with Gasteiger partial charge in [0.2, 0.25) is 0 Å². The van der Waals surface area contributed by atoms with Gasteiger partial charge in [-0.15, -0.1) is 11.8 Å². The summed E-state index contributed by atoms with van der Waals surface area (Å²) in [7, 11) is 0. The van der Waals surface area contributed by atoms with Gasteiger partial charge in [-0.3, -0.25) is 4.79 Å². The van der Waals surface area contributed by atoms with Crippen LogP contribution in [0.2, 0.25) is 0 Å². The third kappa shape index (κ3) is 1.66. The summed E-state index contributed by atoms with van der Waals surface area (Å²) in [6.45, 7) is 2.06. The molecule has 1 aliphatic carbocycles. The van der Waals surface area contributed by atoms with Crippen LogP contribution in [0.15, 0.2) is 11.6 Å². The molecule has 0 spiro atoms. The Hall–Kier alpha value is -0.440. The molecule has 1 unspecified atom stereocenters. The number of carboxylic acid groups (broad SMARTS) is 1. The van der Waals surface area contributed by atoms with Crippen molar-refractivity contribution in [1.29, 1.82) is 0 Å². The SMILES string of the molecule is CSC1(C(=O)O)CC=C(C)CC1. The van der Waals surface area contributed by atoms with E-state index in [2.05, 4.69) is 6.92 Å². The zero-order chi connectivity index (χ0) is 9.19. The number of allylic oxidation sites excluding steroid dienone is 2. The van der Waals surface area contributed by atoms with Crippen molar-refractivity contribution in [2.24, 2.45) is 0 Å². The smallest absolute Gasteiger partial charge is 0.320 e. The van der Waals surface area contributed by atoms with Gasteiger partial charge in [-0.05, 0) is 32.4 Å². The van der Waals surface area contributed by atoms with Crippen LogP contribution in [0.25, 0.3) is 0 Å². The minimum absolute atomic E-state index is 0.542. The second-order valence-electron chi connectivity index (χ2n) is 3.26. The highest BCUT2D eigenvalue weighted by atomic mass is 32.2. The van der Waals surface area contributed by atoms with E-state index in [0.717, 1.165) is 12.8 Å². The lowest BCUT2D eigenvalue weighted by Crippen LogP contribution is -2.36. The van der Waals surface area contributed by atoms with Crippen molar-refractivity contribution in [3.63, 3.8) is 0 Å². The van der Waals surface area contributed by atoms with Gasteiger partial charge in [0.15, 0.2) is 0 Å². The van der Waals surface area contributed by atoms with Crippen molar-refractivity contribution in [3.8, 4) is 0 Å². The van der Waals surface area contributed by atoms with Gasteiger partial charge in [0, 0.05) is 0 Å². The van der Waals surface area contributed by atoms with Crippen molar-refractivity contribution in [3.05, 3.63) is 11.6 Å². The molecule has 1 N–H and O–H groups in total. The molecule has 0 heterocycles. The van der Waals surface area contributed by atoms with E-state index in [0.29, 0.717) is 6.42 Å². The van der Waals surface area contributed by atoms with Gasteiger partial charge < -0.3 is 5.11 Å². The molecule has 1 rings (SSSR count). The van der Waals surface area contributed by atoms with Crippen molar-refractivity contribution in [2.75, 3.05) is 6.26 Å². The quantitative estimate of drug-likeness (QED) is 0.672. The van der Waals surface area contributed by atoms with Gasteiger partial charge in [0.05, 0.1) is 0 Å². The fraction of sp³-hybridized carbons (Fsp3) is 0.667. The molecule has 0 saturated heterocycles. The summed E-state index contributed by atoms with van der Waals surface area (Å²) in [6, 6.07) is 0. The lowest BCUT2D eigenvalue weighted by molar-refractivity contribution is -0.140. The van der Waals surface area contributed by atoms with E-state index in [1.807, 2.05) is 12.3 Å². The van der Waals surface area contributed by atoms with Crippen LogP contribution in [0, 0.1) is 0 Å². The van der Waals surface area contributed by atoms with Gasteiger partial charge in [0.1, 0.15) is 4.75 Å². The summed E-state index contributed by atoms with van der Waals surface area (Å²) in [4.78, 5) is 11.0. The predicted octanol–water partition coefficient (Wildman–Crippen LogP) is 2.30. The first-order chi connectivity index (χ1) is 5.60. The highest BCUT2D eigenvalue weighted by Crippen LogP contribution is 2.37. The highest BCUT2D eigenvalue weighted by molar-refractivity contribution is 8.00. The number of rotatable bonds is 2. The van der Waals surface area contributed by atoms with Gasteiger partial charge in [-0.2, -0.15) is 0 Å². The topological polar surface area (TPSA) is 37.3 Å². The average molecular weight is 186 g/mol. The normalized spacial score (nSPS) is 29.7. The summed E-state index contributed by atoms with van der Waals surface area (Å²) in [5, 5.41) is 9.02. The molecule has 3 heteroatoms. The third-order valence-corrected chi connectivity index (χ3v) is 3.81. The second kappa shape index (κ2) is 3.52. The molecule has 0 amide bonds. The fourth-order valence-electron chi connectivity index (χ4n) is 1.41. The third-order valence-electron chi connectivity index (χ3n) is 2.48. The van der Waals surface area contributed by atoms with Crippen LogP contribution in [0.5, 0.6) is 0 Å². The van der Waals surface area contributed by atoms with E-state index in [-0.39, 0.29) is 0 Å². The molecule has 0 aromatic heterocycles. The van der Waals surface area contributed by atoms with E-state index >= 15 is 0 Å². The largest absolute Gasteiger partial charge is 0.480 e. The standard InChI is InChI=1S/C9H14O2S/c1-7-3-5-9(12-2,6-4-7)8(10)11/h3H,4-6H2,1-2H3,(H,10,11). The first-order valence-corrected chi connectivity index (χ1v) is 5.27. The minimum atomic E-state index is -0.668. The number of thioether (sulfide) groups is 1. The van der Waals surface area contributed by atoms with Crippen LogP contribution >= 0.6 is 11.8 Å². The van der Waals surface area contributed by atoms with E-state index in [9.17, 15) is 4.79 Å². The summed E-state index contributed by atoms with van der Waals surface area (Å²) in [6.07, 6.45) is 6.30. The summed E-state index contributed by atoms with van der Waals surface area (Å²) in [5.41, 5.74) is 1.32. The van der Waals surface area contributed by atoms with Crippen LogP contribution in [0.1, 0.15) is 26.2 Å². The summed E-state index contributed by atoms with van der Waals surface area (Å²) < 4.78 is -0.542. The monoisotopic (exact) mass is 186 g/mol. The van der Waals surface area contributed by atoms with Crippen LogP contribution < -0.4 is 0 Å². The zero-order valence-corrected chi connectivity index (χ0v) is 8.28. The molecular weight excluding hydrogens is 172 g/mol. The van der Waals surface area contributed by atoms with Gasteiger partial charge in [0.25, 0.3) is 0 Å². The maximum absolute atomic E-state index is 11.0. The van der Waals surface area contributed by atoms with Gasteiger partial charge in [-0.1, -0.05) is 11.6 Å². The van der Waals surface area contributed by atoms with Gasteiger partial charge >= 0.3 is 5.97 Å². The van der Waals surface area contributed by atoms with Crippen molar-refractivity contribution < 1.29 is 9.90 Å². The molecule has 1 atom stereocenters. The van der Waals surface area contributed by atoms with Gasteiger partial charge in [-0.25, -0.2) is 0 Å². The summed E-state index contributed by atoms with van der Waals surface area (Å²) in [5.74, 6) is -0.668. The molecule has 0 bridgehead atoms. The number of aliphatic carboxylic acids is 1. The number of hydrogen-bond donors (Lipinski definition) is 1. The Kier molecular flexibility index (Phi) is 2.83. The molecule has 0 aliphatic heterocycles. The number of carbonyl (C=O) groups is 1. The average Bonchev–Trinajstić information content (AvgIpc) is 2.06. The second-order valence-corrected chi connectivity index (χ2v) is 4.45. The van der Waals surface area contributed by atoms with E-state index in [4.69, 9.17) is 5.11 Å². The molecule has 0 aromatic carbocycles. The molecule has 0 aromatic rings. The first kappa shape index (κ1) is 9.65. The molecule has 12 heavy (non-hydrogen) atoms. The molecule has 0 fully saturated rings. The van der Waals surface area contributed by atoms with Crippen LogP contribution in [0.3, 0.4) is 0 Å². The Morgan fingerprint density at radius 3 is 2.75 bits per heavy atom. The fourth-order valence-corrected chi connectivity index (χ4v) is 2.14. The Morgan fingerprint density at radius 2 is 2.42 bits per heavy atom. The lowest BCUT2D eigenvalue weighted by atomic mass is 9.89. The minimum Gasteiger partial charge on any atom is -0.480 e. The zero-order valence-electron chi connectivity index (χ0n) is 7.46. The number of hydrogen-bond acceptors (Lipinski definition) is 2. The molecule has 0 radical (unpaired) electrons. The van der Waals surface area contributed by atoms with E-state index in [1.54, 1.807) is 0 Å². The Morgan fingerprint density at radius 1 is 1.75 bits per heavy atom. The van der Waals surface area contributed by atoms with Crippen molar-refractivity contribution in [1.82, 2.24) is 0 Å². The van der Waals surface area contributed by atoms with Crippen LogP contribution in [-0.2, 0) is 4.79 Å². The molecule has 68 valence electrons. The van der Waals surface area contributed by atoms with Crippen molar-refractivity contribution in [2.45, 2.75) is 30.9 Å². The Labute approximate surface area is 77.0 Å². The van der Waals surface area contributed by atoms with Crippen molar-refractivity contribution >= 4 is 17.7 Å². The van der Waals surface area contributed by atoms with E-state index in [1.165, 1.54) is 17.3 Å². The molecular formula is C9H14O2S. The highest BCUT2D eigenvalue weighted by Gasteiger charge is 2.37. The molecule has 2 nitrogen and oxygen atoms in total. The lowest BCUT2D eigenvalue weighted by Gasteiger charge is -2.29. The van der Waals surface area contributed by atoms with Crippen LogP contribution in [-0.4, -0.2) is 22.1 Å². The maximum atomic E-state index is 11.0. The van der Waals surface area contributed by atoms with Crippen LogP contribution in [0.4, 0.5) is 0 Å². The van der Waals surface area contributed by atoms with E-state index < -0.39 is 10.7 Å². The number of carboxylic acids is 1. The Bertz CT molecular complexity index is 223. The summed E-state index contributed by atoms with van der Waals surface area (Å²) >= 11 is 1.46. The first-order valence-electron chi connectivity index (χ1n) is 4.05. The molecule has 0 saturated carbocycles. The Balaban J connectivity index is 2.78. The molecule has 1 aliphatic rings. The maximum Gasteiger partial charge on any atom is 0.320 e. The predicted molar refractivity (Wildman–Crippen MR) is 51.5 cm³/mol.